The van der Waals surface area contributed by atoms with E-state index < -0.39 is 0 Å². The maximum absolute atomic E-state index is 11.7. The van der Waals surface area contributed by atoms with Crippen LogP contribution in [0.25, 0.3) is 5.69 Å². The van der Waals surface area contributed by atoms with Gasteiger partial charge in [0.05, 0.1) is 22.1 Å². The van der Waals surface area contributed by atoms with Gasteiger partial charge in [0, 0.05) is 11.6 Å². The van der Waals surface area contributed by atoms with Gasteiger partial charge in [-0.2, -0.15) is 5.10 Å². The fourth-order valence-electron chi connectivity index (χ4n) is 2.15. The average molecular weight is 290 g/mol. The van der Waals surface area contributed by atoms with Crippen molar-refractivity contribution < 1.29 is 4.79 Å². The molecule has 104 valence electrons. The van der Waals surface area contributed by atoms with E-state index in [9.17, 15) is 4.79 Å². The second kappa shape index (κ2) is 4.94. The number of hydrogen-bond donors (Lipinski definition) is 1. The number of nitrogens with one attached hydrogen (secondary N) is 1. The second-order valence-electron chi connectivity index (χ2n) is 5.21. The standard InChI is InChI=1S/C15H16ClN3O/c1-9-14(16)10(2)19(18-9)13-7-5-12(6-8-13)17-15(20)11-3-4-11/h5-8,11H,3-4H2,1-2H3,(H,17,20). The lowest BCUT2D eigenvalue weighted by atomic mass is 10.2. The number of anilines is 1. The van der Waals surface area contributed by atoms with Crippen LogP contribution in [0.5, 0.6) is 0 Å². The van der Waals surface area contributed by atoms with Crippen LogP contribution in [0.3, 0.4) is 0 Å². The summed E-state index contributed by atoms with van der Waals surface area (Å²) in [6.07, 6.45) is 2.02. The van der Waals surface area contributed by atoms with Crippen LogP contribution in [0.15, 0.2) is 24.3 Å². The summed E-state index contributed by atoms with van der Waals surface area (Å²) in [5, 5.41) is 8.02. The molecule has 0 saturated heterocycles. The third-order valence-corrected chi connectivity index (χ3v) is 4.08. The summed E-state index contributed by atoms with van der Waals surface area (Å²) in [6, 6.07) is 7.64. The third-order valence-electron chi connectivity index (χ3n) is 3.53. The molecule has 2 aromatic rings. The van der Waals surface area contributed by atoms with Crippen LogP contribution >= 0.6 is 11.6 Å². The predicted octanol–water partition coefficient (Wildman–Crippen LogP) is 3.49. The molecule has 1 aromatic heterocycles. The topological polar surface area (TPSA) is 46.9 Å². The zero-order valence-corrected chi connectivity index (χ0v) is 12.2. The highest BCUT2D eigenvalue weighted by molar-refractivity contribution is 6.31. The number of amides is 1. The van der Waals surface area contributed by atoms with Crippen molar-refractivity contribution in [3.05, 3.63) is 40.7 Å². The van der Waals surface area contributed by atoms with Crippen molar-refractivity contribution in [3.63, 3.8) is 0 Å². The van der Waals surface area contributed by atoms with Gasteiger partial charge in [0.15, 0.2) is 0 Å². The Morgan fingerprint density at radius 3 is 2.45 bits per heavy atom. The van der Waals surface area contributed by atoms with Crippen molar-refractivity contribution in [2.45, 2.75) is 26.7 Å². The molecule has 1 fully saturated rings. The smallest absolute Gasteiger partial charge is 0.227 e. The van der Waals surface area contributed by atoms with Crippen LogP contribution in [0.4, 0.5) is 5.69 Å². The van der Waals surface area contributed by atoms with E-state index in [-0.39, 0.29) is 11.8 Å². The summed E-state index contributed by atoms with van der Waals surface area (Å²) in [5.74, 6) is 0.330. The molecule has 0 radical (unpaired) electrons. The molecule has 0 aliphatic heterocycles. The summed E-state index contributed by atoms with van der Waals surface area (Å²) in [5.41, 5.74) is 3.48. The Morgan fingerprint density at radius 1 is 1.30 bits per heavy atom. The average Bonchev–Trinajstić information content (AvgIpc) is 3.25. The first kappa shape index (κ1) is 13.2. The van der Waals surface area contributed by atoms with Crippen molar-refractivity contribution in [2.75, 3.05) is 5.32 Å². The van der Waals surface area contributed by atoms with Crippen LogP contribution in [-0.2, 0) is 4.79 Å². The molecular weight excluding hydrogens is 274 g/mol. The monoisotopic (exact) mass is 289 g/mol. The molecule has 0 unspecified atom stereocenters. The summed E-state index contributed by atoms with van der Waals surface area (Å²) in [6.45, 7) is 3.82. The molecule has 1 amide bonds. The molecule has 1 aliphatic rings. The Bertz CT molecular complexity index is 657. The van der Waals surface area contributed by atoms with Gasteiger partial charge in [-0.1, -0.05) is 11.6 Å². The lowest BCUT2D eigenvalue weighted by Crippen LogP contribution is -2.13. The van der Waals surface area contributed by atoms with Gasteiger partial charge in [-0.25, -0.2) is 4.68 Å². The van der Waals surface area contributed by atoms with Gasteiger partial charge >= 0.3 is 0 Å². The van der Waals surface area contributed by atoms with Crippen molar-refractivity contribution in [2.24, 2.45) is 5.92 Å². The molecule has 0 atom stereocenters. The summed E-state index contributed by atoms with van der Waals surface area (Å²) in [7, 11) is 0. The van der Waals surface area contributed by atoms with Crippen molar-refractivity contribution >= 4 is 23.2 Å². The molecule has 5 heteroatoms. The van der Waals surface area contributed by atoms with Crippen molar-refractivity contribution in [1.29, 1.82) is 0 Å². The SMILES string of the molecule is Cc1nn(-c2ccc(NC(=O)C3CC3)cc2)c(C)c1Cl. The molecule has 1 aromatic carbocycles. The quantitative estimate of drug-likeness (QED) is 0.940. The van der Waals surface area contributed by atoms with Crippen LogP contribution in [0, 0.1) is 19.8 Å². The molecule has 0 spiro atoms. The van der Waals surface area contributed by atoms with Crippen LogP contribution in [-0.4, -0.2) is 15.7 Å². The van der Waals surface area contributed by atoms with E-state index in [0.29, 0.717) is 5.02 Å². The molecule has 4 nitrogen and oxygen atoms in total. The molecule has 20 heavy (non-hydrogen) atoms. The molecule has 0 bridgehead atoms. The Hall–Kier alpha value is -1.81. The number of benzene rings is 1. The number of hydrogen-bond acceptors (Lipinski definition) is 2. The summed E-state index contributed by atoms with van der Waals surface area (Å²) >= 11 is 6.15. The van der Waals surface area contributed by atoms with Gasteiger partial charge in [-0.05, 0) is 51.0 Å². The normalized spacial score (nSPS) is 14.3. The van der Waals surface area contributed by atoms with Crippen LogP contribution < -0.4 is 5.32 Å². The second-order valence-corrected chi connectivity index (χ2v) is 5.58. The fraction of sp³-hybridized carbons (Fsp3) is 0.333. The lowest BCUT2D eigenvalue weighted by Gasteiger charge is -2.07. The number of rotatable bonds is 3. The summed E-state index contributed by atoms with van der Waals surface area (Å²) < 4.78 is 1.81. The minimum absolute atomic E-state index is 0.118. The summed E-state index contributed by atoms with van der Waals surface area (Å²) in [4.78, 5) is 11.7. The van der Waals surface area contributed by atoms with Crippen molar-refractivity contribution in [3.8, 4) is 5.69 Å². The molecule has 1 aliphatic carbocycles. The Kier molecular flexibility index (Phi) is 3.26. The van der Waals surface area contributed by atoms with Gasteiger partial charge < -0.3 is 5.32 Å². The Balaban J connectivity index is 1.81. The number of carbonyl (C=O) groups excluding carboxylic acids is 1. The number of aryl methyl sites for hydroxylation is 1. The van der Waals surface area contributed by atoms with E-state index in [0.717, 1.165) is 35.6 Å². The van der Waals surface area contributed by atoms with Crippen LogP contribution in [0.1, 0.15) is 24.2 Å². The van der Waals surface area contributed by atoms with Gasteiger partial charge in [-0.15, -0.1) is 0 Å². The zero-order chi connectivity index (χ0) is 14.3. The maximum Gasteiger partial charge on any atom is 0.227 e. The predicted molar refractivity (Wildman–Crippen MR) is 79.4 cm³/mol. The first-order valence-corrected chi connectivity index (χ1v) is 7.07. The maximum atomic E-state index is 11.7. The van der Waals surface area contributed by atoms with Gasteiger partial charge in [0.1, 0.15) is 0 Å². The van der Waals surface area contributed by atoms with E-state index >= 15 is 0 Å². The van der Waals surface area contributed by atoms with Gasteiger partial charge in [0.2, 0.25) is 5.91 Å². The molecule has 1 heterocycles. The van der Waals surface area contributed by atoms with Gasteiger partial charge in [0.25, 0.3) is 0 Å². The first-order valence-electron chi connectivity index (χ1n) is 6.69. The first-order chi connectivity index (χ1) is 9.56. The molecule has 1 N–H and O–H groups in total. The lowest BCUT2D eigenvalue weighted by molar-refractivity contribution is -0.117. The zero-order valence-electron chi connectivity index (χ0n) is 11.5. The van der Waals surface area contributed by atoms with E-state index in [1.165, 1.54) is 0 Å². The molecular formula is C15H16ClN3O. The third kappa shape index (κ3) is 2.43. The largest absolute Gasteiger partial charge is 0.326 e. The van der Waals surface area contributed by atoms with Crippen LogP contribution in [0.2, 0.25) is 5.02 Å². The van der Waals surface area contributed by atoms with E-state index in [1.54, 1.807) is 0 Å². The fourth-order valence-corrected chi connectivity index (χ4v) is 2.27. The molecule has 3 rings (SSSR count). The Labute approximate surface area is 122 Å². The minimum Gasteiger partial charge on any atom is -0.326 e. The minimum atomic E-state index is 0.118. The number of halogens is 1. The number of carbonyl (C=O) groups is 1. The highest BCUT2D eigenvalue weighted by atomic mass is 35.5. The highest BCUT2D eigenvalue weighted by Crippen LogP contribution is 2.30. The highest BCUT2D eigenvalue weighted by Gasteiger charge is 2.29. The molecule has 1 saturated carbocycles. The number of aromatic nitrogens is 2. The van der Waals surface area contributed by atoms with Crippen molar-refractivity contribution in [1.82, 2.24) is 9.78 Å². The number of nitrogens with zero attached hydrogens (tertiary/aromatic N) is 2. The van der Waals surface area contributed by atoms with E-state index in [1.807, 2.05) is 42.8 Å². The van der Waals surface area contributed by atoms with E-state index in [4.69, 9.17) is 11.6 Å². The van der Waals surface area contributed by atoms with E-state index in [2.05, 4.69) is 10.4 Å². The van der Waals surface area contributed by atoms with Gasteiger partial charge in [-0.3, -0.25) is 4.79 Å². The Morgan fingerprint density at radius 2 is 1.95 bits per heavy atom.